The van der Waals surface area contributed by atoms with Gasteiger partial charge < -0.3 is 5.32 Å². The van der Waals surface area contributed by atoms with Crippen LogP contribution in [0.25, 0.3) is 0 Å². The molecule has 126 valence electrons. The van der Waals surface area contributed by atoms with Crippen LogP contribution in [0.15, 0.2) is 36.7 Å². The molecule has 3 heterocycles. The van der Waals surface area contributed by atoms with Crippen molar-refractivity contribution in [2.45, 2.75) is 18.8 Å². The molecule has 0 amide bonds. The summed E-state index contributed by atoms with van der Waals surface area (Å²) in [4.78, 5) is 6.55. The fraction of sp³-hybridized carbons (Fsp3) is 0.400. The molecule has 0 aromatic carbocycles. The van der Waals surface area contributed by atoms with Crippen LogP contribution in [0.1, 0.15) is 21.4 Å². The molecule has 1 N–H and O–H groups in total. The van der Waals surface area contributed by atoms with Gasteiger partial charge in [0, 0.05) is 49.5 Å². The van der Waals surface area contributed by atoms with Gasteiger partial charge in [-0.15, -0.1) is 23.7 Å². The van der Waals surface area contributed by atoms with Crippen LogP contribution in [-0.2, 0) is 12.7 Å². The summed E-state index contributed by atoms with van der Waals surface area (Å²) in [5.74, 6) is 0. The van der Waals surface area contributed by atoms with Crippen LogP contribution in [0, 0.1) is 0 Å². The summed E-state index contributed by atoms with van der Waals surface area (Å²) < 4.78 is 38.1. The SMILES string of the molecule is Cl.FC(F)(F)c1ccc(CN2CCNCC2c2cccnc2)s1. The second kappa shape index (κ2) is 7.61. The zero-order valence-electron chi connectivity index (χ0n) is 12.2. The van der Waals surface area contributed by atoms with Crippen molar-refractivity contribution >= 4 is 23.7 Å². The second-order valence-corrected chi connectivity index (χ2v) is 6.41. The Hall–Kier alpha value is -1.15. The van der Waals surface area contributed by atoms with Crippen molar-refractivity contribution in [2.75, 3.05) is 19.6 Å². The van der Waals surface area contributed by atoms with E-state index in [1.165, 1.54) is 6.07 Å². The third-order valence-corrected chi connectivity index (χ3v) is 4.84. The van der Waals surface area contributed by atoms with E-state index < -0.39 is 11.1 Å². The Kier molecular flexibility index (Phi) is 6.02. The quantitative estimate of drug-likeness (QED) is 0.900. The maximum Gasteiger partial charge on any atom is 0.425 e. The molecule has 2 aromatic heterocycles. The minimum Gasteiger partial charge on any atom is -0.314 e. The standard InChI is InChI=1S/C15H16F3N3S.ClH/c16-15(17,18)14-4-3-12(22-14)10-21-7-6-20-9-13(21)11-2-1-5-19-8-11;/h1-5,8,13,20H,6-7,9-10H2;1H. The van der Waals surface area contributed by atoms with Crippen LogP contribution in [0.4, 0.5) is 13.2 Å². The van der Waals surface area contributed by atoms with Gasteiger partial charge in [0.2, 0.25) is 0 Å². The van der Waals surface area contributed by atoms with Gasteiger partial charge in [0.1, 0.15) is 4.88 Å². The summed E-state index contributed by atoms with van der Waals surface area (Å²) in [6, 6.07) is 6.78. The van der Waals surface area contributed by atoms with E-state index in [0.29, 0.717) is 6.54 Å². The van der Waals surface area contributed by atoms with Crippen LogP contribution in [0.2, 0.25) is 0 Å². The fourth-order valence-electron chi connectivity index (χ4n) is 2.65. The molecule has 3 rings (SSSR count). The highest BCUT2D eigenvalue weighted by molar-refractivity contribution is 7.12. The molecule has 0 aliphatic carbocycles. The van der Waals surface area contributed by atoms with Gasteiger partial charge in [0.25, 0.3) is 0 Å². The lowest BCUT2D eigenvalue weighted by Gasteiger charge is -2.36. The van der Waals surface area contributed by atoms with Crippen LogP contribution in [0.3, 0.4) is 0 Å². The number of alkyl halides is 3. The number of halogens is 4. The third-order valence-electron chi connectivity index (χ3n) is 3.72. The van der Waals surface area contributed by atoms with Crippen LogP contribution in [-0.4, -0.2) is 29.5 Å². The molecule has 1 atom stereocenters. The summed E-state index contributed by atoms with van der Waals surface area (Å²) in [6.45, 7) is 2.96. The number of aromatic nitrogens is 1. The summed E-state index contributed by atoms with van der Waals surface area (Å²) in [5.41, 5.74) is 1.09. The molecule has 1 aliphatic rings. The molecule has 2 aromatic rings. The first-order valence-electron chi connectivity index (χ1n) is 7.04. The molecule has 1 saturated heterocycles. The molecular weight excluding hydrogens is 347 g/mol. The van der Waals surface area contributed by atoms with Crippen molar-refractivity contribution in [2.24, 2.45) is 0 Å². The Labute approximate surface area is 142 Å². The van der Waals surface area contributed by atoms with Crippen molar-refractivity contribution in [3.8, 4) is 0 Å². The number of piperazine rings is 1. The average Bonchev–Trinajstić information content (AvgIpc) is 2.97. The zero-order chi connectivity index (χ0) is 15.6. The number of pyridine rings is 1. The third kappa shape index (κ3) is 4.44. The normalized spacial score (nSPS) is 19.3. The van der Waals surface area contributed by atoms with Gasteiger partial charge >= 0.3 is 6.18 Å². The Morgan fingerprint density at radius 3 is 2.78 bits per heavy atom. The van der Waals surface area contributed by atoms with Crippen molar-refractivity contribution < 1.29 is 13.2 Å². The van der Waals surface area contributed by atoms with Gasteiger partial charge in [0.05, 0.1) is 0 Å². The van der Waals surface area contributed by atoms with Gasteiger partial charge in [-0.2, -0.15) is 13.2 Å². The van der Waals surface area contributed by atoms with E-state index in [1.807, 2.05) is 18.3 Å². The van der Waals surface area contributed by atoms with Crippen LogP contribution < -0.4 is 5.32 Å². The van der Waals surface area contributed by atoms with Gasteiger partial charge in [-0.3, -0.25) is 9.88 Å². The average molecular weight is 364 g/mol. The predicted molar refractivity (Wildman–Crippen MR) is 86.8 cm³/mol. The number of thiophene rings is 1. The molecule has 0 saturated carbocycles. The minimum atomic E-state index is -4.25. The first-order valence-corrected chi connectivity index (χ1v) is 7.86. The Balaban J connectivity index is 0.00000192. The largest absolute Gasteiger partial charge is 0.425 e. The van der Waals surface area contributed by atoms with Gasteiger partial charge in [-0.05, 0) is 23.8 Å². The van der Waals surface area contributed by atoms with E-state index in [1.54, 1.807) is 12.3 Å². The number of hydrogen-bond donors (Lipinski definition) is 1. The molecular formula is C15H17ClF3N3S. The molecule has 8 heteroatoms. The topological polar surface area (TPSA) is 28.2 Å². The van der Waals surface area contributed by atoms with Crippen molar-refractivity contribution in [3.63, 3.8) is 0 Å². The Bertz CT molecular complexity index is 618. The highest BCUT2D eigenvalue weighted by Gasteiger charge is 2.33. The van der Waals surface area contributed by atoms with E-state index in [0.717, 1.165) is 41.4 Å². The molecule has 1 unspecified atom stereocenters. The molecule has 23 heavy (non-hydrogen) atoms. The van der Waals surface area contributed by atoms with Crippen molar-refractivity contribution in [1.29, 1.82) is 0 Å². The summed E-state index contributed by atoms with van der Waals surface area (Å²) in [7, 11) is 0. The number of nitrogens with zero attached hydrogens (tertiary/aromatic N) is 2. The molecule has 0 spiro atoms. The maximum absolute atomic E-state index is 12.7. The number of nitrogens with one attached hydrogen (secondary N) is 1. The highest BCUT2D eigenvalue weighted by atomic mass is 35.5. The molecule has 1 fully saturated rings. The maximum atomic E-state index is 12.7. The van der Waals surface area contributed by atoms with E-state index in [4.69, 9.17) is 0 Å². The van der Waals surface area contributed by atoms with Crippen LogP contribution >= 0.6 is 23.7 Å². The zero-order valence-corrected chi connectivity index (χ0v) is 13.8. The summed E-state index contributed by atoms with van der Waals surface area (Å²) in [6.07, 6.45) is -0.714. The van der Waals surface area contributed by atoms with E-state index in [9.17, 15) is 13.2 Å². The van der Waals surface area contributed by atoms with Crippen LogP contribution in [0.5, 0.6) is 0 Å². The van der Waals surface area contributed by atoms with Gasteiger partial charge in [-0.25, -0.2) is 0 Å². The Morgan fingerprint density at radius 2 is 2.13 bits per heavy atom. The van der Waals surface area contributed by atoms with Gasteiger partial charge in [0.15, 0.2) is 0 Å². The number of hydrogen-bond acceptors (Lipinski definition) is 4. The van der Waals surface area contributed by atoms with E-state index in [2.05, 4.69) is 15.2 Å². The first kappa shape index (κ1) is 18.2. The lowest BCUT2D eigenvalue weighted by atomic mass is 10.1. The predicted octanol–water partition coefficient (Wildman–Crippen LogP) is 3.73. The molecule has 3 nitrogen and oxygen atoms in total. The van der Waals surface area contributed by atoms with Crippen molar-refractivity contribution in [1.82, 2.24) is 15.2 Å². The van der Waals surface area contributed by atoms with E-state index >= 15 is 0 Å². The lowest BCUT2D eigenvalue weighted by molar-refractivity contribution is -0.134. The van der Waals surface area contributed by atoms with Gasteiger partial charge in [-0.1, -0.05) is 6.07 Å². The fourth-order valence-corrected chi connectivity index (χ4v) is 3.55. The smallest absolute Gasteiger partial charge is 0.314 e. The number of rotatable bonds is 3. The first-order chi connectivity index (χ1) is 10.5. The lowest BCUT2D eigenvalue weighted by Crippen LogP contribution is -2.45. The molecule has 1 aliphatic heterocycles. The van der Waals surface area contributed by atoms with Crippen molar-refractivity contribution in [3.05, 3.63) is 52.0 Å². The minimum absolute atomic E-state index is 0. The summed E-state index contributed by atoms with van der Waals surface area (Å²) >= 11 is 0.828. The Morgan fingerprint density at radius 1 is 1.30 bits per heavy atom. The highest BCUT2D eigenvalue weighted by Crippen LogP contribution is 2.35. The molecule has 0 bridgehead atoms. The second-order valence-electron chi connectivity index (χ2n) is 5.24. The van der Waals surface area contributed by atoms with E-state index in [-0.39, 0.29) is 18.4 Å². The summed E-state index contributed by atoms with van der Waals surface area (Å²) in [5, 5.41) is 3.33. The monoisotopic (exact) mass is 363 g/mol. The molecule has 0 radical (unpaired) electrons.